The van der Waals surface area contributed by atoms with Crippen molar-refractivity contribution in [1.82, 2.24) is 14.9 Å². The molecule has 1 aromatic carbocycles. The SMILES string of the molecule is CC1(C)CN(C(=O)c2cncc(O)n2)CC1c1ccccc1. The van der Waals surface area contributed by atoms with E-state index in [1.807, 2.05) is 18.2 Å². The third-order valence-electron chi connectivity index (χ3n) is 4.27. The zero-order chi connectivity index (χ0) is 15.7. The van der Waals surface area contributed by atoms with Crippen LogP contribution in [-0.4, -0.2) is 39.0 Å². The molecule has 1 aliphatic rings. The first-order valence-electron chi connectivity index (χ1n) is 7.32. The highest BCUT2D eigenvalue weighted by molar-refractivity contribution is 5.92. The van der Waals surface area contributed by atoms with Crippen LogP contribution in [0, 0.1) is 5.41 Å². The average Bonchev–Trinajstić information content (AvgIpc) is 2.83. The van der Waals surface area contributed by atoms with Gasteiger partial charge >= 0.3 is 0 Å². The van der Waals surface area contributed by atoms with Crippen molar-refractivity contribution in [3.8, 4) is 5.88 Å². The molecule has 114 valence electrons. The molecule has 1 N–H and O–H groups in total. The number of aromatic nitrogens is 2. The topological polar surface area (TPSA) is 66.3 Å². The Morgan fingerprint density at radius 2 is 2.00 bits per heavy atom. The van der Waals surface area contributed by atoms with Crippen molar-refractivity contribution in [2.45, 2.75) is 19.8 Å². The Morgan fingerprint density at radius 3 is 2.68 bits per heavy atom. The minimum absolute atomic E-state index is 0.0126. The van der Waals surface area contributed by atoms with Gasteiger partial charge in [0.1, 0.15) is 0 Å². The van der Waals surface area contributed by atoms with Crippen molar-refractivity contribution in [1.29, 1.82) is 0 Å². The summed E-state index contributed by atoms with van der Waals surface area (Å²) in [5.74, 6) is -0.137. The number of amides is 1. The maximum Gasteiger partial charge on any atom is 0.274 e. The molecule has 3 rings (SSSR count). The fourth-order valence-corrected chi connectivity index (χ4v) is 3.15. The second kappa shape index (κ2) is 5.40. The van der Waals surface area contributed by atoms with Crippen molar-refractivity contribution in [3.63, 3.8) is 0 Å². The van der Waals surface area contributed by atoms with E-state index in [1.165, 1.54) is 18.0 Å². The van der Waals surface area contributed by atoms with E-state index < -0.39 is 0 Å². The molecule has 0 aliphatic carbocycles. The van der Waals surface area contributed by atoms with Crippen LogP contribution in [0.15, 0.2) is 42.7 Å². The van der Waals surface area contributed by atoms with Crippen molar-refractivity contribution in [2.75, 3.05) is 13.1 Å². The number of rotatable bonds is 2. The molecule has 5 nitrogen and oxygen atoms in total. The molecule has 1 aliphatic heterocycles. The lowest BCUT2D eigenvalue weighted by Crippen LogP contribution is -2.30. The zero-order valence-electron chi connectivity index (χ0n) is 12.7. The van der Waals surface area contributed by atoms with Crippen LogP contribution in [-0.2, 0) is 0 Å². The monoisotopic (exact) mass is 297 g/mol. The highest BCUT2D eigenvalue weighted by Gasteiger charge is 2.42. The smallest absolute Gasteiger partial charge is 0.274 e. The standard InChI is InChI=1S/C17H19N3O2/c1-17(2)11-20(10-13(17)12-6-4-3-5-7-12)16(22)14-8-18-9-15(21)19-14/h3-9,13H,10-11H2,1-2H3,(H,19,21). The molecule has 1 amide bonds. The van der Waals surface area contributed by atoms with Gasteiger partial charge in [0.05, 0.1) is 12.4 Å². The van der Waals surface area contributed by atoms with E-state index in [4.69, 9.17) is 0 Å². The van der Waals surface area contributed by atoms with E-state index in [1.54, 1.807) is 4.90 Å². The molecule has 2 aromatic rings. The van der Waals surface area contributed by atoms with Gasteiger partial charge in [-0.15, -0.1) is 0 Å². The number of hydrogen-bond acceptors (Lipinski definition) is 4. The molecule has 0 saturated carbocycles. The molecule has 5 heteroatoms. The summed E-state index contributed by atoms with van der Waals surface area (Å²) in [5, 5.41) is 9.39. The normalized spacial score (nSPS) is 20.1. The fraction of sp³-hybridized carbons (Fsp3) is 0.353. The first-order chi connectivity index (χ1) is 10.5. The molecule has 0 spiro atoms. The van der Waals surface area contributed by atoms with Crippen LogP contribution in [0.3, 0.4) is 0 Å². The van der Waals surface area contributed by atoms with Gasteiger partial charge in [-0.25, -0.2) is 4.98 Å². The number of hydrogen-bond donors (Lipinski definition) is 1. The summed E-state index contributed by atoms with van der Waals surface area (Å²) in [6.07, 6.45) is 2.61. The van der Waals surface area contributed by atoms with Gasteiger partial charge in [0.2, 0.25) is 5.88 Å². The molecule has 1 fully saturated rings. The maximum absolute atomic E-state index is 12.6. The van der Waals surface area contributed by atoms with Gasteiger partial charge in [-0.05, 0) is 11.0 Å². The number of aromatic hydroxyl groups is 1. The highest BCUT2D eigenvalue weighted by Crippen LogP contribution is 2.42. The van der Waals surface area contributed by atoms with Gasteiger partial charge in [-0.1, -0.05) is 44.2 Å². The summed E-state index contributed by atoms with van der Waals surface area (Å²) < 4.78 is 0. The van der Waals surface area contributed by atoms with E-state index in [0.29, 0.717) is 13.1 Å². The molecule has 0 radical (unpaired) electrons. The predicted molar refractivity (Wildman–Crippen MR) is 82.6 cm³/mol. The third kappa shape index (κ3) is 2.66. The summed E-state index contributed by atoms with van der Waals surface area (Å²) in [6, 6.07) is 10.3. The van der Waals surface area contributed by atoms with E-state index in [0.717, 1.165) is 0 Å². The van der Waals surface area contributed by atoms with Crippen LogP contribution >= 0.6 is 0 Å². The van der Waals surface area contributed by atoms with Crippen molar-refractivity contribution < 1.29 is 9.90 Å². The summed E-state index contributed by atoms with van der Waals surface area (Å²) in [7, 11) is 0. The molecule has 0 bridgehead atoms. The highest BCUT2D eigenvalue weighted by atomic mass is 16.3. The van der Waals surface area contributed by atoms with Crippen LogP contribution in [0.5, 0.6) is 5.88 Å². The minimum Gasteiger partial charge on any atom is -0.492 e. The minimum atomic E-state index is -0.232. The van der Waals surface area contributed by atoms with Gasteiger partial charge < -0.3 is 10.0 Å². The lowest BCUT2D eigenvalue weighted by molar-refractivity contribution is 0.0770. The number of carbonyl (C=O) groups excluding carboxylic acids is 1. The largest absolute Gasteiger partial charge is 0.492 e. The lowest BCUT2D eigenvalue weighted by atomic mass is 9.78. The number of nitrogens with zero attached hydrogens (tertiary/aromatic N) is 3. The molecule has 1 unspecified atom stereocenters. The summed E-state index contributed by atoms with van der Waals surface area (Å²) in [6.45, 7) is 5.65. The van der Waals surface area contributed by atoms with E-state index in [2.05, 4.69) is 35.9 Å². The molecule has 22 heavy (non-hydrogen) atoms. The van der Waals surface area contributed by atoms with E-state index >= 15 is 0 Å². The Morgan fingerprint density at radius 1 is 1.27 bits per heavy atom. The Balaban J connectivity index is 1.84. The van der Waals surface area contributed by atoms with E-state index in [9.17, 15) is 9.90 Å². The lowest BCUT2D eigenvalue weighted by Gasteiger charge is -2.25. The fourth-order valence-electron chi connectivity index (χ4n) is 3.15. The predicted octanol–water partition coefficient (Wildman–Crippen LogP) is 2.45. The van der Waals surface area contributed by atoms with Crippen LogP contribution < -0.4 is 0 Å². The summed E-state index contributed by atoms with van der Waals surface area (Å²) in [5.41, 5.74) is 1.41. The number of carbonyl (C=O) groups is 1. The number of benzene rings is 1. The molecular weight excluding hydrogens is 278 g/mol. The second-order valence-electron chi connectivity index (χ2n) is 6.40. The molecule has 1 saturated heterocycles. The van der Waals surface area contributed by atoms with Crippen LogP contribution in [0.4, 0.5) is 0 Å². The summed E-state index contributed by atoms with van der Waals surface area (Å²) >= 11 is 0. The quantitative estimate of drug-likeness (QED) is 0.924. The third-order valence-corrected chi connectivity index (χ3v) is 4.27. The van der Waals surface area contributed by atoms with Crippen molar-refractivity contribution in [3.05, 3.63) is 54.0 Å². The van der Waals surface area contributed by atoms with Crippen LogP contribution in [0.2, 0.25) is 0 Å². The zero-order valence-corrected chi connectivity index (χ0v) is 12.7. The molecule has 1 aromatic heterocycles. The Kier molecular flexibility index (Phi) is 3.56. The molecule has 2 heterocycles. The van der Waals surface area contributed by atoms with Gasteiger partial charge in [0.25, 0.3) is 5.91 Å². The van der Waals surface area contributed by atoms with Crippen molar-refractivity contribution in [2.24, 2.45) is 5.41 Å². The van der Waals surface area contributed by atoms with Gasteiger partial charge in [-0.2, -0.15) is 0 Å². The molecular formula is C17H19N3O2. The summed E-state index contributed by atoms with van der Waals surface area (Å²) in [4.78, 5) is 22.1. The first-order valence-corrected chi connectivity index (χ1v) is 7.32. The second-order valence-corrected chi connectivity index (χ2v) is 6.40. The average molecular weight is 297 g/mol. The Hall–Kier alpha value is -2.43. The van der Waals surface area contributed by atoms with Crippen molar-refractivity contribution >= 4 is 5.91 Å². The van der Waals surface area contributed by atoms with Gasteiger partial charge in [0.15, 0.2) is 5.69 Å². The van der Waals surface area contributed by atoms with Gasteiger partial charge in [0, 0.05) is 19.0 Å². The Bertz CT molecular complexity index is 685. The van der Waals surface area contributed by atoms with Crippen LogP contribution in [0.1, 0.15) is 35.8 Å². The first kappa shape index (κ1) is 14.5. The number of likely N-dealkylation sites (tertiary alicyclic amines) is 1. The van der Waals surface area contributed by atoms with E-state index in [-0.39, 0.29) is 28.8 Å². The maximum atomic E-state index is 12.6. The van der Waals surface area contributed by atoms with Crippen LogP contribution in [0.25, 0.3) is 0 Å². The molecule has 1 atom stereocenters. The van der Waals surface area contributed by atoms with Gasteiger partial charge in [-0.3, -0.25) is 9.78 Å². The Labute approximate surface area is 129 Å².